The molecular formula is C10H9N2-. The van der Waals surface area contributed by atoms with Gasteiger partial charge in [-0.15, -0.1) is 0 Å². The van der Waals surface area contributed by atoms with Crippen LogP contribution in [0.1, 0.15) is 11.4 Å². The molecule has 60 valence electrons. The predicted molar refractivity (Wildman–Crippen MR) is 46.8 cm³/mol. The van der Waals surface area contributed by atoms with Crippen LogP contribution in [0.2, 0.25) is 0 Å². The van der Waals surface area contributed by atoms with Gasteiger partial charge in [0.2, 0.25) is 0 Å². The van der Waals surface area contributed by atoms with Crippen molar-refractivity contribution < 1.29 is 0 Å². The molecule has 0 aromatic carbocycles. The number of hydrogen-bond donors (Lipinski definition) is 0. The maximum atomic E-state index is 4.21. The highest BCUT2D eigenvalue weighted by Gasteiger charge is 1.89. The van der Waals surface area contributed by atoms with Crippen molar-refractivity contribution in [3.63, 3.8) is 0 Å². The third-order valence-corrected chi connectivity index (χ3v) is 1.70. The van der Waals surface area contributed by atoms with Crippen LogP contribution in [0.15, 0.2) is 42.7 Å². The largest absolute Gasteiger partial charge is 0.667 e. The molecule has 0 bridgehead atoms. The average Bonchev–Trinajstić information content (AvgIpc) is 2.59. The molecule has 0 radical (unpaired) electrons. The van der Waals surface area contributed by atoms with Crippen molar-refractivity contribution in [2.24, 2.45) is 0 Å². The summed E-state index contributed by atoms with van der Waals surface area (Å²) < 4.78 is 0. The van der Waals surface area contributed by atoms with Crippen molar-refractivity contribution in [3.8, 4) is 0 Å². The second kappa shape index (κ2) is 3.22. The summed E-state index contributed by atoms with van der Waals surface area (Å²) in [7, 11) is 0. The van der Waals surface area contributed by atoms with Gasteiger partial charge >= 0.3 is 0 Å². The highest BCUT2D eigenvalue weighted by atomic mass is 14.7. The lowest BCUT2D eigenvalue weighted by molar-refractivity contribution is 1.02. The summed E-state index contributed by atoms with van der Waals surface area (Å²) in [6.45, 7) is 0. The summed E-state index contributed by atoms with van der Waals surface area (Å²) in [6, 6.07) is 9.87. The fraction of sp³-hybridized carbons (Fsp3) is 0.100. The summed E-state index contributed by atoms with van der Waals surface area (Å²) in [4.78, 5) is 8.39. The molecule has 2 heteroatoms. The molecule has 0 saturated carbocycles. The molecule has 0 aliphatic heterocycles. The van der Waals surface area contributed by atoms with E-state index in [1.165, 1.54) is 0 Å². The van der Waals surface area contributed by atoms with Gasteiger partial charge in [0.15, 0.2) is 0 Å². The van der Waals surface area contributed by atoms with Gasteiger partial charge in [0.1, 0.15) is 0 Å². The molecule has 0 aliphatic rings. The first-order valence-electron chi connectivity index (χ1n) is 3.91. The van der Waals surface area contributed by atoms with Gasteiger partial charge in [-0.3, -0.25) is 4.98 Å². The monoisotopic (exact) mass is 157 g/mol. The topological polar surface area (TPSA) is 27.0 Å². The molecule has 0 N–H and O–H groups in total. The normalized spacial score (nSPS) is 10.0. The van der Waals surface area contributed by atoms with E-state index in [0.717, 1.165) is 17.8 Å². The lowest BCUT2D eigenvalue weighted by Gasteiger charge is -2.04. The van der Waals surface area contributed by atoms with Crippen LogP contribution in [-0.4, -0.2) is 4.98 Å². The van der Waals surface area contributed by atoms with Gasteiger partial charge in [-0.1, -0.05) is 18.2 Å². The van der Waals surface area contributed by atoms with Crippen molar-refractivity contribution in [2.45, 2.75) is 6.42 Å². The second-order valence-electron chi connectivity index (χ2n) is 2.63. The third kappa shape index (κ3) is 1.53. The first-order valence-corrected chi connectivity index (χ1v) is 3.91. The van der Waals surface area contributed by atoms with Gasteiger partial charge in [0.05, 0.1) is 0 Å². The number of pyridine rings is 1. The second-order valence-corrected chi connectivity index (χ2v) is 2.63. The fourth-order valence-corrected chi connectivity index (χ4v) is 1.13. The smallest absolute Gasteiger partial charge is 0.0429 e. The zero-order chi connectivity index (χ0) is 8.23. The quantitative estimate of drug-likeness (QED) is 0.662. The predicted octanol–water partition coefficient (Wildman–Crippen LogP) is 1.63. The standard InChI is InChI=1S/C10H9N2/c1-2-6-11-9(4-1)8-10-5-3-7-12-10/h1-7H,8H2/q-1. The zero-order valence-electron chi connectivity index (χ0n) is 6.64. The molecule has 0 amide bonds. The molecule has 2 aromatic rings. The first-order chi connectivity index (χ1) is 5.95. The van der Waals surface area contributed by atoms with Gasteiger partial charge in [-0.25, -0.2) is 0 Å². The minimum Gasteiger partial charge on any atom is -0.667 e. The van der Waals surface area contributed by atoms with E-state index in [1.54, 1.807) is 12.4 Å². The van der Waals surface area contributed by atoms with Gasteiger partial charge < -0.3 is 4.98 Å². The minimum atomic E-state index is 0.827. The molecule has 0 unspecified atom stereocenters. The van der Waals surface area contributed by atoms with Crippen molar-refractivity contribution in [1.82, 2.24) is 9.97 Å². The number of aromatic nitrogens is 2. The van der Waals surface area contributed by atoms with E-state index >= 15 is 0 Å². The summed E-state index contributed by atoms with van der Waals surface area (Å²) in [5.41, 5.74) is 2.14. The van der Waals surface area contributed by atoms with Crippen LogP contribution in [0.3, 0.4) is 0 Å². The molecule has 2 aromatic heterocycles. The molecule has 0 fully saturated rings. The Labute approximate surface area is 71.3 Å². The summed E-state index contributed by atoms with van der Waals surface area (Å²) in [6.07, 6.45) is 4.43. The van der Waals surface area contributed by atoms with E-state index in [0.29, 0.717) is 0 Å². The summed E-state index contributed by atoms with van der Waals surface area (Å²) in [5.74, 6) is 0. The lowest BCUT2D eigenvalue weighted by atomic mass is 10.2. The SMILES string of the molecule is c1ccc(Cc2ccc[n-]2)nc1. The number of rotatable bonds is 2. The van der Waals surface area contributed by atoms with Crippen molar-refractivity contribution in [3.05, 3.63) is 54.1 Å². The van der Waals surface area contributed by atoms with Crippen molar-refractivity contribution in [1.29, 1.82) is 0 Å². The molecule has 2 nitrogen and oxygen atoms in total. The van der Waals surface area contributed by atoms with Crippen LogP contribution in [0.5, 0.6) is 0 Å². The third-order valence-electron chi connectivity index (χ3n) is 1.70. The first kappa shape index (κ1) is 7.10. The Kier molecular flexibility index (Phi) is 1.90. The van der Waals surface area contributed by atoms with Crippen LogP contribution < -0.4 is 4.98 Å². The van der Waals surface area contributed by atoms with E-state index in [1.807, 2.05) is 30.3 Å². The van der Waals surface area contributed by atoms with E-state index < -0.39 is 0 Å². The maximum Gasteiger partial charge on any atom is 0.0429 e. The van der Waals surface area contributed by atoms with Gasteiger partial charge in [0, 0.05) is 11.9 Å². The Morgan fingerprint density at radius 1 is 1.17 bits per heavy atom. The Bertz CT molecular complexity index is 324. The van der Waals surface area contributed by atoms with Crippen LogP contribution >= 0.6 is 0 Å². The Balaban J connectivity index is 2.15. The van der Waals surface area contributed by atoms with Gasteiger partial charge in [0.25, 0.3) is 0 Å². The van der Waals surface area contributed by atoms with Crippen molar-refractivity contribution >= 4 is 0 Å². The molecular weight excluding hydrogens is 148 g/mol. The highest BCUT2D eigenvalue weighted by molar-refractivity contribution is 5.14. The molecule has 12 heavy (non-hydrogen) atoms. The molecule has 2 heterocycles. The van der Waals surface area contributed by atoms with Gasteiger partial charge in [-0.05, 0) is 18.6 Å². The molecule has 0 saturated heterocycles. The van der Waals surface area contributed by atoms with Crippen LogP contribution in [-0.2, 0) is 6.42 Å². The fourth-order valence-electron chi connectivity index (χ4n) is 1.13. The van der Waals surface area contributed by atoms with E-state index in [-0.39, 0.29) is 0 Å². The Morgan fingerprint density at radius 2 is 2.17 bits per heavy atom. The molecule has 0 atom stereocenters. The number of hydrogen-bond acceptors (Lipinski definition) is 1. The van der Waals surface area contributed by atoms with E-state index in [2.05, 4.69) is 9.97 Å². The molecule has 0 aliphatic carbocycles. The maximum absolute atomic E-state index is 4.21. The number of nitrogens with zero attached hydrogens (tertiary/aromatic N) is 2. The Hall–Kier alpha value is -1.57. The van der Waals surface area contributed by atoms with E-state index in [4.69, 9.17) is 0 Å². The summed E-state index contributed by atoms with van der Waals surface area (Å²) >= 11 is 0. The van der Waals surface area contributed by atoms with Crippen LogP contribution in [0, 0.1) is 0 Å². The average molecular weight is 157 g/mol. The van der Waals surface area contributed by atoms with Crippen LogP contribution in [0.4, 0.5) is 0 Å². The van der Waals surface area contributed by atoms with Crippen molar-refractivity contribution in [2.75, 3.05) is 0 Å². The van der Waals surface area contributed by atoms with Crippen LogP contribution in [0.25, 0.3) is 0 Å². The zero-order valence-corrected chi connectivity index (χ0v) is 6.64. The van der Waals surface area contributed by atoms with Gasteiger partial charge in [-0.2, -0.15) is 11.9 Å². The minimum absolute atomic E-state index is 0.827. The van der Waals surface area contributed by atoms with E-state index in [9.17, 15) is 0 Å². The summed E-state index contributed by atoms with van der Waals surface area (Å²) in [5, 5.41) is 0. The lowest BCUT2D eigenvalue weighted by Crippen LogP contribution is -1.91. The molecule has 0 spiro atoms. The molecule has 2 rings (SSSR count). The Morgan fingerprint density at radius 3 is 2.83 bits per heavy atom. The highest BCUT2D eigenvalue weighted by Crippen LogP contribution is 2.02.